The molecular formula is C46H31N3. The SMILES string of the molecule is c1ccc(-c2ccc(-c3nc(-c4ccccc4)nc(-c4cccc(-c5cccc6c5Cc5c(-c7ccccc7)cccc5-6)c4)n3)cc2)cc1. The Balaban J connectivity index is 1.12. The molecule has 49 heavy (non-hydrogen) atoms. The van der Waals surface area contributed by atoms with Crippen LogP contribution in [0.25, 0.3) is 78.7 Å². The maximum Gasteiger partial charge on any atom is 0.164 e. The van der Waals surface area contributed by atoms with Crippen LogP contribution in [0.15, 0.2) is 176 Å². The first-order valence-electron chi connectivity index (χ1n) is 16.7. The van der Waals surface area contributed by atoms with Gasteiger partial charge in [-0.2, -0.15) is 0 Å². The average Bonchev–Trinajstić information content (AvgIpc) is 3.58. The lowest BCUT2D eigenvalue weighted by atomic mass is 9.94. The average molecular weight is 626 g/mol. The Labute approximate surface area is 286 Å². The second-order valence-corrected chi connectivity index (χ2v) is 12.4. The van der Waals surface area contributed by atoms with Crippen LogP contribution >= 0.6 is 0 Å². The Kier molecular flexibility index (Phi) is 7.21. The molecule has 8 aromatic rings. The molecule has 0 atom stereocenters. The molecule has 3 heteroatoms. The Morgan fingerprint density at radius 3 is 1.22 bits per heavy atom. The van der Waals surface area contributed by atoms with Crippen LogP contribution in [0.4, 0.5) is 0 Å². The monoisotopic (exact) mass is 625 g/mol. The van der Waals surface area contributed by atoms with Crippen molar-refractivity contribution < 1.29 is 0 Å². The van der Waals surface area contributed by atoms with Crippen LogP contribution in [0.2, 0.25) is 0 Å². The Bertz CT molecular complexity index is 2440. The highest BCUT2D eigenvalue weighted by Crippen LogP contribution is 2.45. The summed E-state index contributed by atoms with van der Waals surface area (Å²) in [5, 5.41) is 0. The van der Waals surface area contributed by atoms with Crippen molar-refractivity contribution in [2.24, 2.45) is 0 Å². The number of benzene rings is 7. The van der Waals surface area contributed by atoms with E-state index in [9.17, 15) is 0 Å². The topological polar surface area (TPSA) is 38.7 Å². The lowest BCUT2D eigenvalue weighted by Gasteiger charge is -2.12. The highest BCUT2D eigenvalue weighted by Gasteiger charge is 2.24. The molecule has 7 aromatic carbocycles. The molecule has 0 unspecified atom stereocenters. The quantitative estimate of drug-likeness (QED) is 0.185. The normalized spacial score (nSPS) is 11.6. The van der Waals surface area contributed by atoms with Crippen molar-refractivity contribution in [2.75, 3.05) is 0 Å². The number of rotatable bonds is 6. The van der Waals surface area contributed by atoms with E-state index in [2.05, 4.69) is 140 Å². The minimum atomic E-state index is 0.651. The third-order valence-corrected chi connectivity index (χ3v) is 9.43. The fraction of sp³-hybridized carbons (Fsp3) is 0.0217. The van der Waals surface area contributed by atoms with Gasteiger partial charge >= 0.3 is 0 Å². The van der Waals surface area contributed by atoms with Crippen LogP contribution in [0.1, 0.15) is 11.1 Å². The summed E-state index contributed by atoms with van der Waals surface area (Å²) < 4.78 is 0. The van der Waals surface area contributed by atoms with Gasteiger partial charge in [0, 0.05) is 16.7 Å². The van der Waals surface area contributed by atoms with Crippen molar-refractivity contribution in [2.45, 2.75) is 6.42 Å². The Morgan fingerprint density at radius 1 is 0.265 bits per heavy atom. The van der Waals surface area contributed by atoms with Gasteiger partial charge < -0.3 is 0 Å². The molecule has 0 bridgehead atoms. The lowest BCUT2D eigenvalue weighted by molar-refractivity contribution is 1.07. The van der Waals surface area contributed by atoms with Crippen molar-refractivity contribution in [3.05, 3.63) is 187 Å². The third-order valence-electron chi connectivity index (χ3n) is 9.43. The first-order chi connectivity index (χ1) is 24.3. The Morgan fingerprint density at radius 2 is 0.633 bits per heavy atom. The molecule has 1 aliphatic carbocycles. The van der Waals surface area contributed by atoms with E-state index >= 15 is 0 Å². The molecule has 1 aromatic heterocycles. The zero-order valence-corrected chi connectivity index (χ0v) is 26.8. The fourth-order valence-electron chi connectivity index (χ4n) is 7.01. The minimum Gasteiger partial charge on any atom is -0.208 e. The van der Waals surface area contributed by atoms with Gasteiger partial charge in [-0.3, -0.25) is 0 Å². The van der Waals surface area contributed by atoms with Crippen LogP contribution in [0, 0.1) is 0 Å². The second kappa shape index (κ2) is 12.3. The van der Waals surface area contributed by atoms with Gasteiger partial charge in [-0.25, -0.2) is 15.0 Å². The second-order valence-electron chi connectivity index (χ2n) is 12.4. The van der Waals surface area contributed by atoms with E-state index in [-0.39, 0.29) is 0 Å². The van der Waals surface area contributed by atoms with Crippen molar-refractivity contribution in [1.29, 1.82) is 0 Å². The zero-order valence-electron chi connectivity index (χ0n) is 26.8. The summed E-state index contributed by atoms with van der Waals surface area (Å²) in [6.45, 7) is 0. The van der Waals surface area contributed by atoms with Gasteiger partial charge in [-0.05, 0) is 68.1 Å². The van der Waals surface area contributed by atoms with E-state index in [1.807, 2.05) is 36.4 Å². The predicted molar refractivity (Wildman–Crippen MR) is 201 cm³/mol. The van der Waals surface area contributed by atoms with Crippen LogP contribution in [-0.2, 0) is 6.42 Å². The van der Waals surface area contributed by atoms with Crippen LogP contribution in [-0.4, -0.2) is 15.0 Å². The van der Waals surface area contributed by atoms with Gasteiger partial charge in [0.15, 0.2) is 17.5 Å². The predicted octanol–water partition coefficient (Wildman–Crippen LogP) is 11.4. The summed E-state index contributed by atoms with van der Waals surface area (Å²) in [5.74, 6) is 1.96. The first-order valence-corrected chi connectivity index (χ1v) is 16.7. The fourth-order valence-corrected chi connectivity index (χ4v) is 7.01. The van der Waals surface area contributed by atoms with E-state index in [1.165, 1.54) is 44.5 Å². The maximum atomic E-state index is 5.06. The number of fused-ring (bicyclic) bond motifs is 3. The Hall–Kier alpha value is -6.45. The van der Waals surface area contributed by atoms with Gasteiger partial charge in [0.05, 0.1) is 0 Å². The molecule has 1 aliphatic rings. The van der Waals surface area contributed by atoms with Crippen molar-refractivity contribution >= 4 is 0 Å². The highest BCUT2D eigenvalue weighted by molar-refractivity contribution is 5.90. The van der Waals surface area contributed by atoms with E-state index in [0.717, 1.165) is 34.2 Å². The molecule has 0 fully saturated rings. The number of hydrogen-bond donors (Lipinski definition) is 0. The summed E-state index contributed by atoms with van der Waals surface area (Å²) >= 11 is 0. The summed E-state index contributed by atoms with van der Waals surface area (Å²) in [4.78, 5) is 15.1. The summed E-state index contributed by atoms with van der Waals surface area (Å²) in [6.07, 6.45) is 0.892. The standard InChI is InChI=1S/C46H31N3/c1-4-13-31(14-5-1)32-25-27-35(28-26-32)45-47-44(34-17-8-3-9-18-34)48-46(49-45)37-20-10-19-36(29-37)39-22-12-24-41-40-23-11-21-38(42(40)30-43(39)41)33-15-6-2-7-16-33/h1-29H,30H2. The molecule has 0 saturated carbocycles. The minimum absolute atomic E-state index is 0.651. The third kappa shape index (κ3) is 5.42. The number of nitrogens with zero attached hydrogens (tertiary/aromatic N) is 3. The molecule has 0 radical (unpaired) electrons. The van der Waals surface area contributed by atoms with Crippen molar-refractivity contribution in [3.8, 4) is 78.7 Å². The van der Waals surface area contributed by atoms with Gasteiger partial charge in [0.1, 0.15) is 0 Å². The van der Waals surface area contributed by atoms with Gasteiger partial charge in [0.25, 0.3) is 0 Å². The first kappa shape index (κ1) is 28.7. The molecule has 0 N–H and O–H groups in total. The van der Waals surface area contributed by atoms with Gasteiger partial charge in [-0.15, -0.1) is 0 Å². The molecule has 3 nitrogen and oxygen atoms in total. The van der Waals surface area contributed by atoms with Crippen LogP contribution < -0.4 is 0 Å². The summed E-state index contributed by atoms with van der Waals surface area (Å²) in [7, 11) is 0. The molecule has 1 heterocycles. The van der Waals surface area contributed by atoms with E-state index < -0.39 is 0 Å². The molecule has 0 aliphatic heterocycles. The number of aromatic nitrogens is 3. The molecule has 0 spiro atoms. The van der Waals surface area contributed by atoms with Crippen molar-refractivity contribution in [1.82, 2.24) is 15.0 Å². The van der Waals surface area contributed by atoms with Gasteiger partial charge in [0.2, 0.25) is 0 Å². The van der Waals surface area contributed by atoms with Gasteiger partial charge in [-0.1, -0.05) is 170 Å². The highest BCUT2D eigenvalue weighted by atomic mass is 15.0. The smallest absolute Gasteiger partial charge is 0.164 e. The maximum absolute atomic E-state index is 5.06. The van der Waals surface area contributed by atoms with Crippen LogP contribution in [0.5, 0.6) is 0 Å². The van der Waals surface area contributed by atoms with E-state index in [1.54, 1.807) is 0 Å². The molecule has 230 valence electrons. The van der Waals surface area contributed by atoms with E-state index in [0.29, 0.717) is 17.5 Å². The molecule has 0 saturated heterocycles. The number of hydrogen-bond acceptors (Lipinski definition) is 3. The summed E-state index contributed by atoms with van der Waals surface area (Å²) in [6, 6.07) is 61.7. The molecule has 0 amide bonds. The lowest BCUT2D eigenvalue weighted by Crippen LogP contribution is -2.00. The van der Waals surface area contributed by atoms with Crippen molar-refractivity contribution in [3.63, 3.8) is 0 Å². The van der Waals surface area contributed by atoms with E-state index in [4.69, 9.17) is 15.0 Å². The molecule has 9 rings (SSSR count). The summed E-state index contributed by atoms with van der Waals surface area (Å²) in [5.41, 5.74) is 15.5. The zero-order chi connectivity index (χ0) is 32.6. The largest absolute Gasteiger partial charge is 0.208 e. The molecular weight excluding hydrogens is 595 g/mol. The van der Waals surface area contributed by atoms with Crippen LogP contribution in [0.3, 0.4) is 0 Å².